The predicted octanol–water partition coefficient (Wildman–Crippen LogP) is 1.45. The molecule has 0 bridgehead atoms. The fraction of sp³-hybridized carbons (Fsp3) is 0. The number of hydrogen-bond acceptors (Lipinski definition) is 3. The Hall–Kier alpha value is -2.51. The van der Waals surface area contributed by atoms with Crippen molar-refractivity contribution in [2.75, 3.05) is 0 Å². The number of rotatable bonds is 0. The maximum absolute atomic E-state index is 11.2. The van der Waals surface area contributed by atoms with E-state index >= 15 is 0 Å². The van der Waals surface area contributed by atoms with Crippen LogP contribution in [0.5, 0.6) is 5.75 Å². The molecule has 0 amide bonds. The zero-order chi connectivity index (χ0) is 9.84. The molecule has 0 saturated carbocycles. The van der Waals surface area contributed by atoms with Gasteiger partial charge >= 0.3 is 0 Å². The maximum Gasteiger partial charge on any atom is 0.215 e. The lowest BCUT2D eigenvalue weighted by Crippen LogP contribution is -1.86. The van der Waals surface area contributed by atoms with E-state index in [4.69, 9.17) is 15.8 Å². The monoisotopic (exact) mass is 168 g/mol. The van der Waals surface area contributed by atoms with E-state index in [-0.39, 0.29) is 16.7 Å². The fourth-order valence-corrected chi connectivity index (χ4v) is 0.875. The van der Waals surface area contributed by atoms with Crippen molar-refractivity contribution in [1.82, 2.24) is 0 Å². The van der Waals surface area contributed by atoms with E-state index in [0.717, 1.165) is 0 Å². The van der Waals surface area contributed by atoms with Gasteiger partial charge in [0.2, 0.25) is 5.75 Å². The minimum atomic E-state index is -0.677. The lowest BCUT2D eigenvalue weighted by Gasteiger charge is -1.95. The van der Waals surface area contributed by atoms with Gasteiger partial charge in [0.05, 0.1) is 5.56 Å². The lowest BCUT2D eigenvalue weighted by molar-refractivity contribution is 0.352. The van der Waals surface area contributed by atoms with E-state index in [9.17, 15) is 5.11 Å². The van der Waals surface area contributed by atoms with E-state index in [1.165, 1.54) is 12.1 Å². The summed E-state index contributed by atoms with van der Waals surface area (Å²) in [5, 5.41) is 36.7. The minimum absolute atomic E-state index is 0.00602. The molecular formula is C9H2N3O. The number of nitriles is 3. The van der Waals surface area contributed by atoms with Gasteiger partial charge in [-0.05, 0) is 12.1 Å². The Morgan fingerprint density at radius 1 is 0.923 bits per heavy atom. The summed E-state index contributed by atoms with van der Waals surface area (Å²) in [6.07, 6.45) is 0. The van der Waals surface area contributed by atoms with Crippen LogP contribution >= 0.6 is 0 Å². The second-order valence-corrected chi connectivity index (χ2v) is 2.20. The Morgan fingerprint density at radius 2 is 1.46 bits per heavy atom. The van der Waals surface area contributed by atoms with Crippen LogP contribution in [0.25, 0.3) is 0 Å². The average Bonchev–Trinajstić information content (AvgIpc) is 2.17. The molecule has 1 radical (unpaired) electrons. The standard InChI is InChI=1S/C9H2N3O/c10-3-6-1-2-7(4-11)9(13)8(6)5-12/h1-2H. The van der Waals surface area contributed by atoms with Crippen molar-refractivity contribution in [2.45, 2.75) is 0 Å². The van der Waals surface area contributed by atoms with Crippen LogP contribution in [0, 0.1) is 34.0 Å². The van der Waals surface area contributed by atoms with Crippen molar-refractivity contribution < 1.29 is 5.11 Å². The van der Waals surface area contributed by atoms with Gasteiger partial charge in [-0.15, -0.1) is 0 Å². The van der Waals surface area contributed by atoms with Crippen molar-refractivity contribution in [3.63, 3.8) is 0 Å². The summed E-state index contributed by atoms with van der Waals surface area (Å²) >= 11 is 0. The van der Waals surface area contributed by atoms with Gasteiger partial charge in [0.25, 0.3) is 0 Å². The summed E-state index contributed by atoms with van der Waals surface area (Å²) in [6, 6.07) is 7.49. The predicted molar refractivity (Wildman–Crippen MR) is 40.7 cm³/mol. The fourth-order valence-electron chi connectivity index (χ4n) is 0.875. The molecule has 0 aliphatic rings. The van der Waals surface area contributed by atoms with E-state index in [1.54, 1.807) is 18.2 Å². The van der Waals surface area contributed by atoms with Crippen LogP contribution in [0.2, 0.25) is 0 Å². The Balaban J connectivity index is 3.57. The quantitative estimate of drug-likeness (QED) is 0.586. The van der Waals surface area contributed by atoms with E-state index in [1.807, 2.05) is 0 Å². The van der Waals surface area contributed by atoms with Crippen molar-refractivity contribution in [2.24, 2.45) is 0 Å². The van der Waals surface area contributed by atoms with Crippen molar-refractivity contribution in [1.29, 1.82) is 15.8 Å². The summed E-state index contributed by atoms with van der Waals surface area (Å²) in [6.45, 7) is 0. The molecule has 1 aromatic rings. The van der Waals surface area contributed by atoms with E-state index < -0.39 is 5.75 Å². The van der Waals surface area contributed by atoms with Gasteiger partial charge in [-0.2, -0.15) is 15.8 Å². The van der Waals surface area contributed by atoms with Crippen LogP contribution in [0.15, 0.2) is 12.1 Å². The molecule has 0 saturated heterocycles. The molecule has 0 unspecified atom stereocenters. The van der Waals surface area contributed by atoms with Crippen molar-refractivity contribution in [3.8, 4) is 24.0 Å². The van der Waals surface area contributed by atoms with Gasteiger partial charge in [0.1, 0.15) is 29.3 Å². The highest BCUT2D eigenvalue weighted by atomic mass is 16.3. The first kappa shape index (κ1) is 8.59. The summed E-state index contributed by atoms with van der Waals surface area (Å²) in [4.78, 5) is 0. The zero-order valence-electron chi connectivity index (χ0n) is 6.40. The molecular weight excluding hydrogens is 166 g/mol. The summed E-state index contributed by atoms with van der Waals surface area (Å²) in [5.74, 6) is -0.677. The van der Waals surface area contributed by atoms with Crippen LogP contribution in [-0.2, 0) is 5.11 Å². The molecule has 13 heavy (non-hydrogen) atoms. The second-order valence-electron chi connectivity index (χ2n) is 2.20. The van der Waals surface area contributed by atoms with Gasteiger partial charge in [-0.1, -0.05) is 0 Å². The highest BCUT2D eigenvalue weighted by molar-refractivity contribution is 5.59. The van der Waals surface area contributed by atoms with E-state index in [0.29, 0.717) is 0 Å². The summed E-state index contributed by atoms with van der Waals surface area (Å²) in [5.41, 5.74) is -0.372. The first-order valence-electron chi connectivity index (χ1n) is 3.29. The third kappa shape index (κ3) is 1.27. The largest absolute Gasteiger partial charge is 0.287 e. The SMILES string of the molecule is N#Cc1ccc(C#N)c(C#N)c1[O]. The minimum Gasteiger partial charge on any atom is -0.287 e. The van der Waals surface area contributed by atoms with Crippen LogP contribution in [0.1, 0.15) is 16.7 Å². The summed E-state index contributed by atoms with van der Waals surface area (Å²) < 4.78 is 0. The molecule has 0 aliphatic heterocycles. The van der Waals surface area contributed by atoms with Crippen LogP contribution in [0.3, 0.4) is 0 Å². The smallest absolute Gasteiger partial charge is 0.215 e. The third-order valence-corrected chi connectivity index (χ3v) is 1.51. The van der Waals surface area contributed by atoms with Gasteiger partial charge < -0.3 is 0 Å². The Bertz CT molecular complexity index is 471. The topological polar surface area (TPSA) is 91.3 Å². The molecule has 1 rings (SSSR count). The number of nitrogens with zero attached hydrogens (tertiary/aromatic N) is 3. The van der Waals surface area contributed by atoms with Crippen molar-refractivity contribution >= 4 is 0 Å². The molecule has 0 fully saturated rings. The Kier molecular flexibility index (Phi) is 2.15. The van der Waals surface area contributed by atoms with Gasteiger partial charge in [0, 0.05) is 0 Å². The molecule has 0 atom stereocenters. The van der Waals surface area contributed by atoms with Crippen molar-refractivity contribution in [3.05, 3.63) is 28.8 Å². The summed E-state index contributed by atoms with van der Waals surface area (Å²) in [7, 11) is 0. The highest BCUT2D eigenvalue weighted by Crippen LogP contribution is 2.24. The normalized spacial score (nSPS) is 8.08. The first-order valence-corrected chi connectivity index (χ1v) is 3.29. The Labute approximate surface area is 74.5 Å². The molecule has 59 valence electrons. The molecule has 0 aliphatic carbocycles. The van der Waals surface area contributed by atoms with Gasteiger partial charge in [-0.25, -0.2) is 0 Å². The zero-order valence-corrected chi connectivity index (χ0v) is 6.40. The molecule has 1 aromatic carbocycles. The molecule has 0 N–H and O–H groups in total. The van der Waals surface area contributed by atoms with Gasteiger partial charge in [-0.3, -0.25) is 5.11 Å². The number of hydrogen-bond donors (Lipinski definition) is 0. The highest BCUT2D eigenvalue weighted by Gasteiger charge is 2.13. The number of benzene rings is 1. The maximum atomic E-state index is 11.2. The Morgan fingerprint density at radius 3 is 1.92 bits per heavy atom. The van der Waals surface area contributed by atoms with Crippen LogP contribution in [-0.4, -0.2) is 0 Å². The molecule has 0 aromatic heterocycles. The first-order chi connectivity index (χ1) is 6.24. The van der Waals surface area contributed by atoms with Crippen LogP contribution < -0.4 is 0 Å². The van der Waals surface area contributed by atoms with Crippen LogP contribution in [0.4, 0.5) is 0 Å². The third-order valence-electron chi connectivity index (χ3n) is 1.51. The average molecular weight is 168 g/mol. The van der Waals surface area contributed by atoms with E-state index in [2.05, 4.69) is 0 Å². The second kappa shape index (κ2) is 3.26. The lowest BCUT2D eigenvalue weighted by atomic mass is 10.0. The molecule has 0 spiro atoms. The molecule has 4 heteroatoms. The molecule has 4 nitrogen and oxygen atoms in total. The van der Waals surface area contributed by atoms with Gasteiger partial charge in [0.15, 0.2) is 0 Å². The molecule has 0 heterocycles.